The first-order valence-corrected chi connectivity index (χ1v) is 7.08. The Kier molecular flexibility index (Phi) is 4.41. The first-order chi connectivity index (χ1) is 8.63. The average molecular weight is 246 g/mol. The van der Waals surface area contributed by atoms with Gasteiger partial charge in [0.2, 0.25) is 0 Å². The van der Waals surface area contributed by atoms with E-state index in [2.05, 4.69) is 43.1 Å². The molecule has 1 saturated carbocycles. The summed E-state index contributed by atoms with van der Waals surface area (Å²) in [6.07, 6.45) is 5.33. The zero-order chi connectivity index (χ0) is 13.0. The molecule has 2 N–H and O–H groups in total. The lowest BCUT2D eigenvalue weighted by atomic mass is 9.86. The molecule has 0 bridgehead atoms. The maximum Gasteiger partial charge on any atom is 0.0230 e. The molecule has 0 aromatic heterocycles. The minimum Gasteiger partial charge on any atom is -0.330 e. The average Bonchev–Trinajstić information content (AvgIpc) is 2.81. The van der Waals surface area contributed by atoms with Crippen LogP contribution in [0.5, 0.6) is 0 Å². The molecule has 2 heteroatoms. The van der Waals surface area contributed by atoms with Gasteiger partial charge in [-0.3, -0.25) is 0 Å². The third kappa shape index (κ3) is 3.33. The van der Waals surface area contributed by atoms with Crippen LogP contribution < -0.4 is 5.73 Å². The van der Waals surface area contributed by atoms with E-state index in [1.807, 2.05) is 0 Å². The second-order valence-corrected chi connectivity index (χ2v) is 6.07. The van der Waals surface area contributed by atoms with E-state index in [0.29, 0.717) is 5.41 Å². The topological polar surface area (TPSA) is 29.3 Å². The van der Waals surface area contributed by atoms with E-state index < -0.39 is 0 Å². The summed E-state index contributed by atoms with van der Waals surface area (Å²) in [4.78, 5) is 2.43. The first kappa shape index (κ1) is 13.6. The molecule has 2 nitrogen and oxygen atoms in total. The van der Waals surface area contributed by atoms with Gasteiger partial charge < -0.3 is 10.6 Å². The number of hydrogen-bond donors (Lipinski definition) is 1. The minimum absolute atomic E-state index is 0.388. The monoisotopic (exact) mass is 246 g/mol. The van der Waals surface area contributed by atoms with Gasteiger partial charge in [0.05, 0.1) is 0 Å². The van der Waals surface area contributed by atoms with Crippen molar-refractivity contribution in [3.8, 4) is 0 Å². The van der Waals surface area contributed by atoms with Crippen molar-refractivity contribution in [3.63, 3.8) is 0 Å². The zero-order valence-electron chi connectivity index (χ0n) is 11.8. The highest BCUT2D eigenvalue weighted by molar-refractivity contribution is 5.21. The lowest BCUT2D eigenvalue weighted by molar-refractivity contribution is 0.179. The van der Waals surface area contributed by atoms with Crippen molar-refractivity contribution < 1.29 is 0 Å². The Morgan fingerprint density at radius 2 is 1.78 bits per heavy atom. The molecule has 0 amide bonds. The molecule has 1 aliphatic carbocycles. The summed E-state index contributed by atoms with van der Waals surface area (Å²) in [5.41, 5.74) is 9.12. The second kappa shape index (κ2) is 5.85. The molecule has 18 heavy (non-hydrogen) atoms. The Morgan fingerprint density at radius 1 is 1.17 bits per heavy atom. The van der Waals surface area contributed by atoms with E-state index in [-0.39, 0.29) is 0 Å². The number of aryl methyl sites for hydroxylation is 1. The molecule has 1 aliphatic rings. The fourth-order valence-electron chi connectivity index (χ4n) is 3.19. The third-order valence-electron chi connectivity index (χ3n) is 4.28. The van der Waals surface area contributed by atoms with Gasteiger partial charge in [-0.1, -0.05) is 42.7 Å². The predicted molar refractivity (Wildman–Crippen MR) is 77.5 cm³/mol. The Balaban J connectivity index is 1.91. The highest BCUT2D eigenvalue weighted by Crippen LogP contribution is 2.37. The van der Waals surface area contributed by atoms with Crippen molar-refractivity contribution in [2.24, 2.45) is 11.1 Å². The largest absolute Gasteiger partial charge is 0.330 e. The van der Waals surface area contributed by atoms with Crippen molar-refractivity contribution in [1.82, 2.24) is 4.90 Å². The minimum atomic E-state index is 0.388. The molecule has 0 saturated heterocycles. The predicted octanol–water partition coefficient (Wildman–Crippen LogP) is 2.95. The van der Waals surface area contributed by atoms with Crippen LogP contribution in [0.4, 0.5) is 0 Å². The summed E-state index contributed by atoms with van der Waals surface area (Å²) in [6.45, 7) is 5.14. The van der Waals surface area contributed by atoms with Gasteiger partial charge in [-0.15, -0.1) is 0 Å². The van der Waals surface area contributed by atoms with E-state index in [1.165, 1.54) is 36.8 Å². The Labute approximate surface area is 111 Å². The maximum absolute atomic E-state index is 6.00. The number of hydrogen-bond acceptors (Lipinski definition) is 2. The normalized spacial score (nSPS) is 18.4. The van der Waals surface area contributed by atoms with Crippen LogP contribution in [0.25, 0.3) is 0 Å². The number of rotatable bonds is 5. The number of nitrogens with zero attached hydrogens (tertiary/aromatic N) is 1. The molecule has 2 rings (SSSR count). The van der Waals surface area contributed by atoms with E-state index in [1.54, 1.807) is 0 Å². The lowest BCUT2D eigenvalue weighted by Crippen LogP contribution is -2.39. The van der Waals surface area contributed by atoms with Gasteiger partial charge >= 0.3 is 0 Å². The summed E-state index contributed by atoms with van der Waals surface area (Å²) in [6, 6.07) is 8.85. The van der Waals surface area contributed by atoms with Crippen LogP contribution in [0, 0.1) is 12.3 Å². The van der Waals surface area contributed by atoms with Crippen molar-refractivity contribution in [3.05, 3.63) is 35.4 Å². The SMILES string of the molecule is Cc1ccc(CN(C)CC2(CN)CCCC2)cc1. The Bertz CT molecular complexity index is 363. The quantitative estimate of drug-likeness (QED) is 0.865. The Morgan fingerprint density at radius 3 is 2.33 bits per heavy atom. The van der Waals surface area contributed by atoms with E-state index >= 15 is 0 Å². The van der Waals surface area contributed by atoms with Crippen molar-refractivity contribution in [1.29, 1.82) is 0 Å². The molecular formula is C16H26N2. The van der Waals surface area contributed by atoms with Gasteiger partial charge in [0.1, 0.15) is 0 Å². The van der Waals surface area contributed by atoms with Crippen LogP contribution >= 0.6 is 0 Å². The van der Waals surface area contributed by atoms with Crippen LogP contribution in [0.1, 0.15) is 36.8 Å². The van der Waals surface area contributed by atoms with Crippen molar-refractivity contribution in [2.75, 3.05) is 20.1 Å². The molecule has 0 spiro atoms. The van der Waals surface area contributed by atoms with E-state index in [0.717, 1.165) is 19.6 Å². The summed E-state index contributed by atoms with van der Waals surface area (Å²) in [5.74, 6) is 0. The third-order valence-corrected chi connectivity index (χ3v) is 4.28. The molecule has 1 aromatic carbocycles. The van der Waals surface area contributed by atoms with Gasteiger partial charge in [-0.05, 0) is 44.3 Å². The first-order valence-electron chi connectivity index (χ1n) is 7.08. The second-order valence-electron chi connectivity index (χ2n) is 6.07. The molecule has 0 radical (unpaired) electrons. The van der Waals surface area contributed by atoms with Crippen LogP contribution in [0.15, 0.2) is 24.3 Å². The fraction of sp³-hybridized carbons (Fsp3) is 0.625. The van der Waals surface area contributed by atoms with Gasteiger partial charge in [0.15, 0.2) is 0 Å². The number of nitrogens with two attached hydrogens (primary N) is 1. The lowest BCUT2D eigenvalue weighted by Gasteiger charge is -2.32. The summed E-state index contributed by atoms with van der Waals surface area (Å²) in [7, 11) is 2.22. The highest BCUT2D eigenvalue weighted by atomic mass is 15.1. The standard InChI is InChI=1S/C16H26N2/c1-14-5-7-15(8-6-14)11-18(2)13-16(12-17)9-3-4-10-16/h5-8H,3-4,9-13,17H2,1-2H3. The van der Waals surface area contributed by atoms with Gasteiger partial charge in [0.25, 0.3) is 0 Å². The molecule has 0 aliphatic heterocycles. The highest BCUT2D eigenvalue weighted by Gasteiger charge is 2.33. The molecule has 0 unspecified atom stereocenters. The van der Waals surface area contributed by atoms with Gasteiger partial charge in [0, 0.05) is 13.1 Å². The Hall–Kier alpha value is -0.860. The fourth-order valence-corrected chi connectivity index (χ4v) is 3.19. The van der Waals surface area contributed by atoms with Gasteiger partial charge in [-0.25, -0.2) is 0 Å². The van der Waals surface area contributed by atoms with Crippen LogP contribution in [-0.2, 0) is 6.54 Å². The van der Waals surface area contributed by atoms with Crippen molar-refractivity contribution >= 4 is 0 Å². The van der Waals surface area contributed by atoms with E-state index in [4.69, 9.17) is 5.73 Å². The van der Waals surface area contributed by atoms with Crippen LogP contribution in [-0.4, -0.2) is 25.0 Å². The van der Waals surface area contributed by atoms with Crippen LogP contribution in [0.2, 0.25) is 0 Å². The molecule has 0 heterocycles. The maximum atomic E-state index is 6.00. The number of benzene rings is 1. The summed E-state index contributed by atoms with van der Waals surface area (Å²) in [5, 5.41) is 0. The molecule has 1 aromatic rings. The molecule has 0 atom stereocenters. The van der Waals surface area contributed by atoms with Gasteiger partial charge in [-0.2, -0.15) is 0 Å². The van der Waals surface area contributed by atoms with Crippen molar-refractivity contribution in [2.45, 2.75) is 39.2 Å². The molecular weight excluding hydrogens is 220 g/mol. The zero-order valence-corrected chi connectivity index (χ0v) is 11.8. The molecule has 100 valence electrons. The molecule has 1 fully saturated rings. The van der Waals surface area contributed by atoms with E-state index in [9.17, 15) is 0 Å². The summed E-state index contributed by atoms with van der Waals surface area (Å²) < 4.78 is 0. The smallest absolute Gasteiger partial charge is 0.0230 e. The van der Waals surface area contributed by atoms with Crippen LogP contribution in [0.3, 0.4) is 0 Å². The summed E-state index contributed by atoms with van der Waals surface area (Å²) >= 11 is 0.